The Bertz CT molecular complexity index is 427. The Hall–Kier alpha value is -1.09. The molecule has 0 amide bonds. The van der Waals surface area contributed by atoms with Crippen LogP contribution in [0.1, 0.15) is 57.1 Å². The van der Waals surface area contributed by atoms with Crippen LogP contribution in [0.15, 0.2) is 18.2 Å². The minimum absolute atomic E-state index is 0.466. The largest absolute Gasteiger partial charge is 0.389 e. The van der Waals surface area contributed by atoms with Crippen molar-refractivity contribution in [3.05, 3.63) is 29.3 Å². The molecule has 0 radical (unpaired) electrons. The van der Waals surface area contributed by atoms with Crippen molar-refractivity contribution >= 4 is 22.9 Å². The summed E-state index contributed by atoms with van der Waals surface area (Å²) in [4.78, 5) is 0.466. The maximum absolute atomic E-state index is 5.77. The van der Waals surface area contributed by atoms with Crippen molar-refractivity contribution in [1.82, 2.24) is 0 Å². The van der Waals surface area contributed by atoms with Gasteiger partial charge in [0.1, 0.15) is 4.99 Å². The highest BCUT2D eigenvalue weighted by Gasteiger charge is 2.04. The number of anilines is 1. The van der Waals surface area contributed by atoms with Crippen molar-refractivity contribution in [2.24, 2.45) is 11.7 Å². The van der Waals surface area contributed by atoms with Gasteiger partial charge in [0.2, 0.25) is 0 Å². The molecule has 0 aliphatic rings. The van der Waals surface area contributed by atoms with E-state index in [1.54, 1.807) is 0 Å². The third-order valence-electron chi connectivity index (χ3n) is 3.46. The van der Waals surface area contributed by atoms with Gasteiger partial charge in [0, 0.05) is 17.8 Å². The molecule has 0 fully saturated rings. The Morgan fingerprint density at radius 1 is 1.20 bits per heavy atom. The van der Waals surface area contributed by atoms with Gasteiger partial charge < -0.3 is 11.1 Å². The molecule has 0 spiro atoms. The summed E-state index contributed by atoms with van der Waals surface area (Å²) >= 11 is 5.11. The highest BCUT2D eigenvalue weighted by molar-refractivity contribution is 7.80. The summed E-state index contributed by atoms with van der Waals surface area (Å²) < 4.78 is 0. The molecular weight excluding hydrogens is 264 g/mol. The van der Waals surface area contributed by atoms with Crippen LogP contribution in [0.3, 0.4) is 0 Å². The first-order valence-electron chi connectivity index (χ1n) is 7.65. The molecule has 0 heterocycles. The standard InChI is InChI=1S/C17H28N2S/c1-13(2)8-6-4-5-7-11-19-16-10-9-14(3)12-15(16)17(18)20/h9-10,12-13,19H,4-8,11H2,1-3H3,(H2,18,20). The van der Waals surface area contributed by atoms with Crippen LogP contribution in [0, 0.1) is 12.8 Å². The van der Waals surface area contributed by atoms with Gasteiger partial charge in [-0.25, -0.2) is 0 Å². The zero-order valence-corrected chi connectivity index (χ0v) is 13.9. The fraction of sp³-hybridized carbons (Fsp3) is 0.588. The molecule has 2 nitrogen and oxygen atoms in total. The molecule has 1 rings (SSSR count). The van der Waals surface area contributed by atoms with Gasteiger partial charge in [-0.3, -0.25) is 0 Å². The first-order chi connectivity index (χ1) is 9.50. The molecule has 0 bridgehead atoms. The maximum Gasteiger partial charge on any atom is 0.106 e. The third-order valence-corrected chi connectivity index (χ3v) is 3.68. The van der Waals surface area contributed by atoms with Gasteiger partial charge in [0.15, 0.2) is 0 Å². The van der Waals surface area contributed by atoms with Crippen molar-refractivity contribution in [3.8, 4) is 0 Å². The van der Waals surface area contributed by atoms with E-state index in [1.807, 2.05) is 6.07 Å². The van der Waals surface area contributed by atoms with Crippen LogP contribution in [-0.4, -0.2) is 11.5 Å². The molecule has 0 aromatic heterocycles. The Kier molecular flexibility index (Phi) is 7.60. The van der Waals surface area contributed by atoms with Gasteiger partial charge in [0.05, 0.1) is 0 Å². The lowest BCUT2D eigenvalue weighted by Crippen LogP contribution is -2.14. The average molecular weight is 292 g/mol. The van der Waals surface area contributed by atoms with Gasteiger partial charge in [-0.2, -0.15) is 0 Å². The minimum Gasteiger partial charge on any atom is -0.389 e. The van der Waals surface area contributed by atoms with E-state index in [9.17, 15) is 0 Å². The number of benzene rings is 1. The molecule has 0 saturated heterocycles. The molecule has 20 heavy (non-hydrogen) atoms. The minimum atomic E-state index is 0.466. The lowest BCUT2D eigenvalue weighted by atomic mass is 10.0. The van der Waals surface area contributed by atoms with Crippen molar-refractivity contribution in [2.45, 2.75) is 52.9 Å². The predicted octanol–water partition coefficient (Wildman–Crippen LogP) is 4.65. The Labute approximate surface area is 129 Å². The van der Waals surface area contributed by atoms with Gasteiger partial charge >= 0.3 is 0 Å². The molecule has 112 valence electrons. The van der Waals surface area contributed by atoms with Gasteiger partial charge in [0.25, 0.3) is 0 Å². The molecule has 3 N–H and O–H groups in total. The van der Waals surface area contributed by atoms with Crippen LogP contribution < -0.4 is 11.1 Å². The number of thiocarbonyl (C=S) groups is 1. The summed E-state index contributed by atoms with van der Waals surface area (Å²) in [6.07, 6.45) is 6.50. The van der Waals surface area contributed by atoms with Crippen LogP contribution in [-0.2, 0) is 0 Å². The quantitative estimate of drug-likeness (QED) is 0.514. The van der Waals surface area contributed by atoms with Crippen LogP contribution in [0.4, 0.5) is 5.69 Å². The van der Waals surface area contributed by atoms with Gasteiger partial charge in [-0.1, -0.05) is 63.4 Å². The highest BCUT2D eigenvalue weighted by atomic mass is 32.1. The maximum atomic E-state index is 5.77. The molecule has 0 atom stereocenters. The summed E-state index contributed by atoms with van der Waals surface area (Å²) in [5.41, 5.74) is 8.98. The first-order valence-corrected chi connectivity index (χ1v) is 8.06. The third kappa shape index (κ3) is 6.38. The zero-order chi connectivity index (χ0) is 15.0. The molecule has 0 saturated carbocycles. The fourth-order valence-electron chi connectivity index (χ4n) is 2.27. The molecule has 3 heteroatoms. The Balaban J connectivity index is 2.30. The summed E-state index contributed by atoms with van der Waals surface area (Å²) in [5, 5.41) is 3.45. The summed E-state index contributed by atoms with van der Waals surface area (Å²) in [6.45, 7) is 7.62. The SMILES string of the molecule is Cc1ccc(NCCCCCCC(C)C)c(C(N)=S)c1. The summed E-state index contributed by atoms with van der Waals surface area (Å²) in [6, 6.07) is 6.21. The highest BCUT2D eigenvalue weighted by Crippen LogP contribution is 2.17. The number of aryl methyl sites for hydroxylation is 1. The van der Waals surface area contributed by atoms with E-state index in [2.05, 4.69) is 38.2 Å². The molecule has 1 aromatic carbocycles. The zero-order valence-electron chi connectivity index (χ0n) is 13.0. The Morgan fingerprint density at radius 2 is 1.90 bits per heavy atom. The van der Waals surface area contributed by atoms with Crippen LogP contribution >= 0.6 is 12.2 Å². The second-order valence-corrected chi connectivity index (χ2v) is 6.38. The van der Waals surface area contributed by atoms with Crippen LogP contribution in [0.25, 0.3) is 0 Å². The van der Waals surface area contributed by atoms with Crippen LogP contribution in [0.5, 0.6) is 0 Å². The van der Waals surface area contributed by atoms with E-state index in [4.69, 9.17) is 18.0 Å². The van der Waals surface area contributed by atoms with Gasteiger partial charge in [-0.05, 0) is 31.4 Å². The number of hydrogen-bond donors (Lipinski definition) is 2. The van der Waals surface area contributed by atoms with Crippen molar-refractivity contribution in [1.29, 1.82) is 0 Å². The normalized spacial score (nSPS) is 10.8. The average Bonchev–Trinajstić information content (AvgIpc) is 2.38. The first kappa shape index (κ1) is 17.0. The number of unbranched alkanes of at least 4 members (excludes halogenated alkanes) is 3. The number of hydrogen-bond acceptors (Lipinski definition) is 2. The lowest BCUT2D eigenvalue weighted by Gasteiger charge is -2.12. The van der Waals surface area contributed by atoms with E-state index < -0.39 is 0 Å². The van der Waals surface area contributed by atoms with E-state index in [0.29, 0.717) is 4.99 Å². The van der Waals surface area contributed by atoms with Crippen molar-refractivity contribution in [3.63, 3.8) is 0 Å². The molecule has 1 aromatic rings. The van der Waals surface area contributed by atoms with Crippen molar-refractivity contribution < 1.29 is 0 Å². The monoisotopic (exact) mass is 292 g/mol. The van der Waals surface area contributed by atoms with Crippen LogP contribution in [0.2, 0.25) is 0 Å². The number of nitrogens with one attached hydrogen (secondary N) is 1. The van der Waals surface area contributed by atoms with E-state index in [-0.39, 0.29) is 0 Å². The topological polar surface area (TPSA) is 38.0 Å². The Morgan fingerprint density at radius 3 is 2.55 bits per heavy atom. The second kappa shape index (κ2) is 8.96. The molecule has 0 aliphatic carbocycles. The predicted molar refractivity (Wildman–Crippen MR) is 93.5 cm³/mol. The van der Waals surface area contributed by atoms with E-state index >= 15 is 0 Å². The van der Waals surface area contributed by atoms with Crippen molar-refractivity contribution in [2.75, 3.05) is 11.9 Å². The smallest absolute Gasteiger partial charge is 0.106 e. The second-order valence-electron chi connectivity index (χ2n) is 5.94. The molecular formula is C17H28N2S. The van der Waals surface area contributed by atoms with E-state index in [1.165, 1.54) is 37.7 Å². The summed E-state index contributed by atoms with van der Waals surface area (Å²) in [5.74, 6) is 0.828. The van der Waals surface area contributed by atoms with Gasteiger partial charge in [-0.15, -0.1) is 0 Å². The molecule has 0 unspecified atom stereocenters. The fourth-order valence-corrected chi connectivity index (χ4v) is 2.44. The number of rotatable bonds is 9. The lowest BCUT2D eigenvalue weighted by molar-refractivity contribution is 0.523. The number of nitrogens with two attached hydrogens (primary N) is 1. The van der Waals surface area contributed by atoms with E-state index in [0.717, 1.165) is 23.7 Å². The molecule has 0 aliphatic heterocycles. The summed E-state index contributed by atoms with van der Waals surface area (Å²) in [7, 11) is 0.